The van der Waals surface area contributed by atoms with E-state index in [1.165, 1.54) is 0 Å². The van der Waals surface area contributed by atoms with E-state index in [0.29, 0.717) is 26.1 Å². The number of esters is 2. The van der Waals surface area contributed by atoms with E-state index >= 15 is 0 Å². The topological polar surface area (TPSA) is 78.4 Å². The Kier molecular flexibility index (Phi) is 8.57. The SMILES string of the molecule is CCOC(=O)C(C)Cc1ccc(-c2nc3cc4ccccc4cc3nc2-c2ccc(CC(C)C(=O)OCC)s2)s1. The van der Waals surface area contributed by atoms with E-state index in [2.05, 4.69) is 48.5 Å². The lowest BCUT2D eigenvalue weighted by Gasteiger charge is -2.10. The minimum absolute atomic E-state index is 0.182. The third-order valence-corrected chi connectivity index (χ3v) is 8.94. The van der Waals surface area contributed by atoms with Crippen LogP contribution in [0, 0.1) is 11.8 Å². The van der Waals surface area contributed by atoms with Crippen molar-refractivity contribution in [1.29, 1.82) is 0 Å². The molecule has 40 heavy (non-hydrogen) atoms. The fourth-order valence-electron chi connectivity index (χ4n) is 4.65. The summed E-state index contributed by atoms with van der Waals surface area (Å²) in [5.74, 6) is -0.806. The van der Waals surface area contributed by atoms with Gasteiger partial charge in [-0.1, -0.05) is 38.1 Å². The Labute approximate surface area is 242 Å². The third kappa shape index (κ3) is 6.08. The lowest BCUT2D eigenvalue weighted by molar-refractivity contribution is -0.148. The van der Waals surface area contributed by atoms with Gasteiger partial charge in [0.15, 0.2) is 0 Å². The maximum absolute atomic E-state index is 12.2. The van der Waals surface area contributed by atoms with E-state index in [4.69, 9.17) is 19.4 Å². The van der Waals surface area contributed by atoms with Crippen LogP contribution >= 0.6 is 22.7 Å². The normalized spacial score (nSPS) is 12.9. The molecule has 5 rings (SSSR count). The Hall–Kier alpha value is -3.62. The number of carbonyl (C=O) groups excluding carboxylic acids is 2. The van der Waals surface area contributed by atoms with Crippen LogP contribution < -0.4 is 0 Å². The van der Waals surface area contributed by atoms with Gasteiger partial charge in [0.05, 0.1) is 45.8 Å². The van der Waals surface area contributed by atoms with Gasteiger partial charge in [-0.05, 0) is 73.9 Å². The van der Waals surface area contributed by atoms with E-state index in [0.717, 1.165) is 52.7 Å². The number of hydrogen-bond donors (Lipinski definition) is 0. The summed E-state index contributed by atoms with van der Waals surface area (Å²) in [5.41, 5.74) is 3.30. The van der Waals surface area contributed by atoms with Gasteiger partial charge < -0.3 is 9.47 Å². The molecule has 0 amide bonds. The molecule has 8 heteroatoms. The number of hydrogen-bond acceptors (Lipinski definition) is 8. The summed E-state index contributed by atoms with van der Waals surface area (Å²) in [7, 11) is 0. The van der Waals surface area contributed by atoms with Crippen molar-refractivity contribution in [2.24, 2.45) is 11.8 Å². The molecule has 0 saturated heterocycles. The van der Waals surface area contributed by atoms with Crippen molar-refractivity contribution in [2.75, 3.05) is 13.2 Å². The van der Waals surface area contributed by atoms with Crippen LogP contribution in [-0.2, 0) is 31.9 Å². The second kappa shape index (κ2) is 12.3. The van der Waals surface area contributed by atoms with Crippen molar-refractivity contribution < 1.29 is 19.1 Å². The Bertz CT molecular complexity index is 1550. The predicted octanol–water partition coefficient (Wildman–Crippen LogP) is 7.72. The summed E-state index contributed by atoms with van der Waals surface area (Å²) in [5, 5.41) is 2.23. The van der Waals surface area contributed by atoms with E-state index in [-0.39, 0.29) is 23.8 Å². The number of fused-ring (bicyclic) bond motifs is 2. The Morgan fingerprint density at radius 3 is 1.52 bits per heavy atom. The van der Waals surface area contributed by atoms with E-state index in [9.17, 15) is 9.59 Å². The number of benzene rings is 2. The van der Waals surface area contributed by atoms with Crippen LogP contribution in [0.1, 0.15) is 37.4 Å². The molecule has 6 nitrogen and oxygen atoms in total. The standard InChI is InChI=1S/C32H32N2O4S2/c1-5-37-31(35)19(3)15-23-11-13-27(39-23)29-30(28-14-12-24(40-28)16-20(4)32(36)38-6-2)34-26-18-22-10-8-7-9-21(22)17-25(26)33-29/h7-14,17-20H,5-6,15-16H2,1-4H3. The fraction of sp³-hybridized carbons (Fsp3) is 0.312. The molecule has 2 atom stereocenters. The minimum Gasteiger partial charge on any atom is -0.466 e. The molecule has 3 heterocycles. The zero-order valence-corrected chi connectivity index (χ0v) is 24.7. The summed E-state index contributed by atoms with van der Waals surface area (Å²) in [6.07, 6.45) is 1.22. The molecule has 0 spiro atoms. The first-order valence-corrected chi connectivity index (χ1v) is 15.2. The van der Waals surface area contributed by atoms with Gasteiger partial charge >= 0.3 is 11.9 Å². The summed E-state index contributed by atoms with van der Waals surface area (Å²) in [6, 6.07) is 20.6. The van der Waals surface area contributed by atoms with Gasteiger partial charge in [0.1, 0.15) is 11.4 Å². The van der Waals surface area contributed by atoms with Crippen LogP contribution in [0.3, 0.4) is 0 Å². The molecular weight excluding hydrogens is 540 g/mol. The van der Waals surface area contributed by atoms with Crippen LogP contribution in [0.2, 0.25) is 0 Å². The largest absolute Gasteiger partial charge is 0.466 e. The molecule has 0 aliphatic heterocycles. The summed E-state index contributed by atoms with van der Waals surface area (Å²) >= 11 is 3.26. The first kappa shape index (κ1) is 27.9. The lowest BCUT2D eigenvalue weighted by Crippen LogP contribution is -2.16. The van der Waals surface area contributed by atoms with E-state index < -0.39 is 0 Å². The van der Waals surface area contributed by atoms with Crippen LogP contribution in [0.15, 0.2) is 60.7 Å². The Morgan fingerprint density at radius 1 is 0.700 bits per heavy atom. The van der Waals surface area contributed by atoms with Crippen LogP contribution in [-0.4, -0.2) is 35.1 Å². The van der Waals surface area contributed by atoms with Crippen LogP contribution in [0.5, 0.6) is 0 Å². The van der Waals surface area contributed by atoms with Gasteiger partial charge in [0.2, 0.25) is 0 Å². The smallest absolute Gasteiger partial charge is 0.309 e. The molecule has 0 aliphatic carbocycles. The van der Waals surface area contributed by atoms with Gasteiger partial charge in [-0.3, -0.25) is 9.59 Å². The van der Waals surface area contributed by atoms with Crippen molar-refractivity contribution in [1.82, 2.24) is 9.97 Å². The molecule has 2 aromatic carbocycles. The average molecular weight is 573 g/mol. The predicted molar refractivity (Wildman–Crippen MR) is 163 cm³/mol. The molecule has 0 radical (unpaired) electrons. The Morgan fingerprint density at radius 2 is 1.12 bits per heavy atom. The molecule has 206 valence electrons. The second-order valence-electron chi connectivity index (χ2n) is 9.86. The van der Waals surface area contributed by atoms with Gasteiger partial charge in [-0.2, -0.15) is 0 Å². The van der Waals surface area contributed by atoms with Gasteiger partial charge in [-0.25, -0.2) is 9.97 Å². The number of aromatic nitrogens is 2. The van der Waals surface area contributed by atoms with E-state index in [1.54, 1.807) is 22.7 Å². The van der Waals surface area contributed by atoms with Gasteiger partial charge in [0.25, 0.3) is 0 Å². The number of carbonyl (C=O) groups is 2. The Balaban J connectivity index is 1.55. The zero-order chi connectivity index (χ0) is 28.2. The number of nitrogens with zero attached hydrogens (tertiary/aromatic N) is 2. The lowest BCUT2D eigenvalue weighted by atomic mass is 10.1. The molecule has 2 unspecified atom stereocenters. The summed E-state index contributed by atoms with van der Waals surface area (Å²) < 4.78 is 10.4. The maximum atomic E-state index is 12.2. The summed E-state index contributed by atoms with van der Waals surface area (Å²) in [4.78, 5) is 38.9. The molecular formula is C32H32N2O4S2. The minimum atomic E-state index is -0.221. The first-order chi connectivity index (χ1) is 19.4. The van der Waals surface area contributed by atoms with Crippen LogP contribution in [0.25, 0.3) is 42.9 Å². The maximum Gasteiger partial charge on any atom is 0.309 e. The quantitative estimate of drug-likeness (QED) is 0.126. The highest BCUT2D eigenvalue weighted by Gasteiger charge is 2.21. The van der Waals surface area contributed by atoms with Crippen LogP contribution in [0.4, 0.5) is 0 Å². The van der Waals surface area contributed by atoms with Crippen molar-refractivity contribution in [3.05, 3.63) is 70.4 Å². The van der Waals surface area contributed by atoms with Crippen molar-refractivity contribution >= 4 is 56.4 Å². The molecule has 0 bridgehead atoms. The second-order valence-corrected chi connectivity index (χ2v) is 12.2. The monoisotopic (exact) mass is 572 g/mol. The third-order valence-electron chi connectivity index (χ3n) is 6.71. The molecule has 5 aromatic rings. The van der Waals surface area contributed by atoms with E-state index in [1.807, 2.05) is 39.8 Å². The fourth-order valence-corrected chi connectivity index (χ4v) is 6.91. The molecule has 0 fully saturated rings. The highest BCUT2D eigenvalue weighted by Crippen LogP contribution is 2.39. The molecule has 0 saturated carbocycles. The average Bonchev–Trinajstić information content (AvgIpc) is 3.61. The number of ether oxygens (including phenoxy) is 2. The van der Waals surface area contributed by atoms with Crippen molar-refractivity contribution in [2.45, 2.75) is 40.5 Å². The number of rotatable bonds is 10. The van der Waals surface area contributed by atoms with Crippen molar-refractivity contribution in [3.8, 4) is 21.1 Å². The van der Waals surface area contributed by atoms with Gasteiger partial charge in [0, 0.05) is 9.75 Å². The summed E-state index contributed by atoms with van der Waals surface area (Å²) in [6.45, 7) is 8.20. The number of thiophene rings is 2. The molecule has 0 aliphatic rings. The van der Waals surface area contributed by atoms with Gasteiger partial charge in [-0.15, -0.1) is 22.7 Å². The first-order valence-electron chi connectivity index (χ1n) is 13.6. The molecule has 3 aromatic heterocycles. The van der Waals surface area contributed by atoms with Crippen molar-refractivity contribution in [3.63, 3.8) is 0 Å². The molecule has 0 N–H and O–H groups in total. The highest BCUT2D eigenvalue weighted by atomic mass is 32.1. The highest BCUT2D eigenvalue weighted by molar-refractivity contribution is 7.16. The zero-order valence-electron chi connectivity index (χ0n) is 23.1.